The quantitative estimate of drug-likeness (QED) is 0.557. The second-order valence-electron chi connectivity index (χ2n) is 8.57. The highest BCUT2D eigenvalue weighted by Gasteiger charge is 2.24. The lowest BCUT2D eigenvalue weighted by molar-refractivity contribution is 0.0697. The number of anilines is 2. The van der Waals surface area contributed by atoms with Gasteiger partial charge in [0.1, 0.15) is 5.76 Å². The van der Waals surface area contributed by atoms with Gasteiger partial charge in [0.25, 0.3) is 0 Å². The Bertz CT molecular complexity index is 1120. The molecule has 0 amide bonds. The van der Waals surface area contributed by atoms with Gasteiger partial charge < -0.3 is 20.1 Å². The highest BCUT2D eigenvalue weighted by atomic mass is 16.5. The summed E-state index contributed by atoms with van der Waals surface area (Å²) in [7, 11) is 2.03. The third-order valence-electron chi connectivity index (χ3n) is 6.34. The summed E-state index contributed by atoms with van der Waals surface area (Å²) < 4.78 is 5.94. The number of carbonyl (C=O) groups is 1. The molecule has 6 nitrogen and oxygen atoms in total. The minimum Gasteiger partial charge on any atom is -0.493 e. The SMILES string of the molecule is C#CC1=C(/C=C(\C)N(C)c2ccc(C3CC3)cc2)OCC[C@H]1CNc1cnccc1C(=O)O. The average molecular weight is 444 g/mol. The molecule has 1 fully saturated rings. The molecule has 0 bridgehead atoms. The predicted octanol–water partition coefficient (Wildman–Crippen LogP) is 5.03. The molecule has 170 valence electrons. The van der Waals surface area contributed by atoms with Crippen LogP contribution in [0.5, 0.6) is 0 Å². The van der Waals surface area contributed by atoms with Gasteiger partial charge in [-0.2, -0.15) is 0 Å². The van der Waals surface area contributed by atoms with E-state index in [1.807, 2.05) is 20.0 Å². The van der Waals surface area contributed by atoms with E-state index in [9.17, 15) is 9.90 Å². The van der Waals surface area contributed by atoms with Crippen molar-refractivity contribution < 1.29 is 14.6 Å². The van der Waals surface area contributed by atoms with E-state index >= 15 is 0 Å². The van der Waals surface area contributed by atoms with Crippen LogP contribution in [0.25, 0.3) is 0 Å². The van der Waals surface area contributed by atoms with Crippen LogP contribution in [0.1, 0.15) is 48.0 Å². The normalized spacial score (nSPS) is 18.3. The standard InChI is InChI=1S/C27H29N3O3/c1-4-23-21(16-29-25-17-28-13-11-24(25)27(31)32)12-14-33-26(23)15-18(2)30(3)22-9-7-20(8-10-22)19-5-6-19/h1,7-11,13,15,17,19,21,29H,5-6,12,14,16H2,2-3H3,(H,31,32)/b18-15+/t21-/m0/s1. The Kier molecular flexibility index (Phi) is 6.69. The molecule has 2 aromatic rings. The first-order valence-corrected chi connectivity index (χ1v) is 11.2. The fourth-order valence-corrected chi connectivity index (χ4v) is 4.08. The predicted molar refractivity (Wildman–Crippen MR) is 130 cm³/mol. The maximum atomic E-state index is 11.5. The van der Waals surface area contributed by atoms with E-state index in [4.69, 9.17) is 11.2 Å². The van der Waals surface area contributed by atoms with Gasteiger partial charge in [-0.3, -0.25) is 4.98 Å². The molecule has 0 unspecified atom stereocenters. The topological polar surface area (TPSA) is 74.7 Å². The van der Waals surface area contributed by atoms with Crippen LogP contribution in [0.4, 0.5) is 11.4 Å². The van der Waals surface area contributed by atoms with Crippen LogP contribution in [0, 0.1) is 18.3 Å². The Hall–Kier alpha value is -3.72. The zero-order valence-corrected chi connectivity index (χ0v) is 19.0. The smallest absolute Gasteiger partial charge is 0.337 e. The Labute approximate surface area is 195 Å². The van der Waals surface area contributed by atoms with Crippen LogP contribution < -0.4 is 10.2 Å². The molecule has 6 heteroatoms. The lowest BCUT2D eigenvalue weighted by Crippen LogP contribution is -2.24. The maximum absolute atomic E-state index is 11.5. The summed E-state index contributed by atoms with van der Waals surface area (Å²) in [5.74, 6) is 3.28. The van der Waals surface area contributed by atoms with E-state index in [1.54, 1.807) is 0 Å². The molecule has 33 heavy (non-hydrogen) atoms. The average Bonchev–Trinajstić information content (AvgIpc) is 3.68. The first-order valence-electron chi connectivity index (χ1n) is 11.2. The summed E-state index contributed by atoms with van der Waals surface area (Å²) in [5, 5.41) is 12.6. The number of allylic oxidation sites excluding steroid dienone is 2. The van der Waals surface area contributed by atoms with Crippen LogP contribution in [0.2, 0.25) is 0 Å². The van der Waals surface area contributed by atoms with Crippen molar-refractivity contribution in [3.8, 4) is 12.3 Å². The largest absolute Gasteiger partial charge is 0.493 e. The van der Waals surface area contributed by atoms with Crippen molar-refractivity contribution in [2.24, 2.45) is 5.92 Å². The number of benzene rings is 1. The first-order chi connectivity index (χ1) is 16.0. The fraction of sp³-hybridized carbons (Fsp3) is 0.333. The van der Waals surface area contributed by atoms with Gasteiger partial charge in [-0.15, -0.1) is 6.42 Å². The first kappa shape index (κ1) is 22.5. The molecule has 1 saturated carbocycles. The molecular formula is C27H29N3O3. The van der Waals surface area contributed by atoms with Crippen LogP contribution in [-0.4, -0.2) is 36.3 Å². The van der Waals surface area contributed by atoms with E-state index < -0.39 is 5.97 Å². The lowest BCUT2D eigenvalue weighted by atomic mass is 9.92. The number of terminal acetylenes is 1. The Morgan fingerprint density at radius 1 is 1.30 bits per heavy atom. The number of pyridine rings is 1. The number of nitrogens with zero attached hydrogens (tertiary/aromatic N) is 2. The molecule has 4 rings (SSSR count). The number of ether oxygens (including phenoxy) is 1. The number of nitrogens with one attached hydrogen (secondary N) is 1. The number of aromatic carboxylic acids is 1. The highest BCUT2D eigenvalue weighted by molar-refractivity contribution is 5.93. The second kappa shape index (κ2) is 9.83. The zero-order valence-electron chi connectivity index (χ0n) is 19.0. The number of carboxylic acid groups (broad SMARTS) is 1. The number of carboxylic acids is 1. The van der Waals surface area contributed by atoms with E-state index in [2.05, 4.69) is 45.4 Å². The number of hydrogen-bond acceptors (Lipinski definition) is 5. The Morgan fingerprint density at radius 3 is 2.73 bits per heavy atom. The molecule has 2 heterocycles. The van der Waals surface area contributed by atoms with Crippen LogP contribution in [0.15, 0.2) is 65.8 Å². The molecule has 2 aliphatic rings. The summed E-state index contributed by atoms with van der Waals surface area (Å²) in [6, 6.07) is 10.2. The van der Waals surface area contributed by atoms with Crippen molar-refractivity contribution in [2.45, 2.75) is 32.1 Å². The van der Waals surface area contributed by atoms with Crippen molar-refractivity contribution in [2.75, 3.05) is 30.4 Å². The van der Waals surface area contributed by atoms with Gasteiger partial charge in [-0.1, -0.05) is 18.1 Å². The summed E-state index contributed by atoms with van der Waals surface area (Å²) in [6.45, 7) is 3.09. The Balaban J connectivity index is 1.50. The van der Waals surface area contributed by atoms with Gasteiger partial charge in [0, 0.05) is 48.7 Å². The molecular weight excluding hydrogens is 414 g/mol. The molecule has 0 saturated heterocycles. The van der Waals surface area contributed by atoms with Crippen LogP contribution in [-0.2, 0) is 4.74 Å². The highest BCUT2D eigenvalue weighted by Crippen LogP contribution is 2.40. The van der Waals surface area contributed by atoms with Crippen molar-refractivity contribution >= 4 is 17.3 Å². The number of rotatable bonds is 8. The van der Waals surface area contributed by atoms with E-state index in [-0.39, 0.29) is 11.5 Å². The van der Waals surface area contributed by atoms with Gasteiger partial charge in [0.15, 0.2) is 0 Å². The third kappa shape index (κ3) is 5.20. The number of hydrogen-bond donors (Lipinski definition) is 2. The van der Waals surface area contributed by atoms with Gasteiger partial charge in [0.2, 0.25) is 0 Å². The maximum Gasteiger partial charge on any atom is 0.337 e. The lowest BCUT2D eigenvalue weighted by Gasteiger charge is -2.27. The minimum absolute atomic E-state index is 0.0350. The molecule has 0 radical (unpaired) electrons. The zero-order chi connectivity index (χ0) is 23.4. The van der Waals surface area contributed by atoms with Crippen molar-refractivity contribution in [1.82, 2.24) is 4.98 Å². The molecule has 1 aromatic carbocycles. The van der Waals surface area contributed by atoms with E-state index in [0.717, 1.165) is 29.3 Å². The van der Waals surface area contributed by atoms with Gasteiger partial charge in [-0.05, 0) is 55.9 Å². The molecule has 1 aromatic heterocycles. The molecule has 1 atom stereocenters. The van der Waals surface area contributed by atoms with Gasteiger partial charge >= 0.3 is 5.97 Å². The molecule has 1 aliphatic heterocycles. The van der Waals surface area contributed by atoms with E-state index in [1.165, 1.54) is 36.9 Å². The van der Waals surface area contributed by atoms with Gasteiger partial charge in [-0.25, -0.2) is 4.79 Å². The summed E-state index contributed by atoms with van der Waals surface area (Å²) >= 11 is 0. The third-order valence-corrected chi connectivity index (χ3v) is 6.34. The summed E-state index contributed by atoms with van der Waals surface area (Å²) in [4.78, 5) is 17.6. The monoisotopic (exact) mass is 443 g/mol. The van der Waals surface area contributed by atoms with Crippen molar-refractivity contribution in [3.63, 3.8) is 0 Å². The minimum atomic E-state index is -0.993. The van der Waals surface area contributed by atoms with Crippen LogP contribution >= 0.6 is 0 Å². The van der Waals surface area contributed by atoms with E-state index in [0.29, 0.717) is 24.6 Å². The van der Waals surface area contributed by atoms with Gasteiger partial charge in [0.05, 0.1) is 24.1 Å². The second-order valence-corrected chi connectivity index (χ2v) is 8.57. The Morgan fingerprint density at radius 2 is 2.06 bits per heavy atom. The summed E-state index contributed by atoms with van der Waals surface area (Å²) in [5.41, 5.74) is 5.00. The molecule has 2 N–H and O–H groups in total. The van der Waals surface area contributed by atoms with Crippen molar-refractivity contribution in [1.29, 1.82) is 0 Å². The molecule has 0 spiro atoms. The van der Waals surface area contributed by atoms with Crippen LogP contribution in [0.3, 0.4) is 0 Å². The van der Waals surface area contributed by atoms with Crippen molar-refractivity contribution in [3.05, 3.63) is 77.0 Å². The number of aromatic nitrogens is 1. The molecule has 1 aliphatic carbocycles. The fourth-order valence-electron chi connectivity index (χ4n) is 4.08. The summed E-state index contributed by atoms with van der Waals surface area (Å²) in [6.07, 6.45) is 14.2.